The Labute approximate surface area is 129 Å². The summed E-state index contributed by atoms with van der Waals surface area (Å²) in [5.41, 5.74) is 2.13. The highest BCUT2D eigenvalue weighted by molar-refractivity contribution is 9.10. The van der Waals surface area contributed by atoms with Crippen molar-refractivity contribution >= 4 is 27.5 Å². The maximum absolute atomic E-state index is 12.1. The average Bonchev–Trinajstić information content (AvgIpc) is 3.08. The first-order valence-electron chi connectivity index (χ1n) is 6.22. The Kier molecular flexibility index (Phi) is 3.57. The Balaban J connectivity index is 1.76. The van der Waals surface area contributed by atoms with E-state index in [2.05, 4.69) is 31.4 Å². The smallest absolute Gasteiger partial charge is 0.255 e. The van der Waals surface area contributed by atoms with Crippen molar-refractivity contribution in [3.05, 3.63) is 59.1 Å². The van der Waals surface area contributed by atoms with Crippen LogP contribution in [-0.4, -0.2) is 25.5 Å². The van der Waals surface area contributed by atoms with Crippen molar-refractivity contribution in [3.63, 3.8) is 0 Å². The number of aromatic nitrogens is 4. The van der Waals surface area contributed by atoms with Gasteiger partial charge in [0.2, 0.25) is 0 Å². The topological polar surface area (TPSA) is 64.7 Å². The lowest BCUT2D eigenvalue weighted by Crippen LogP contribution is -2.11. The maximum Gasteiger partial charge on any atom is 0.255 e. The minimum absolute atomic E-state index is 0.170. The lowest BCUT2D eigenvalue weighted by molar-refractivity contribution is 0.102. The predicted molar refractivity (Wildman–Crippen MR) is 82.4 cm³/mol. The molecule has 1 aromatic carbocycles. The number of hydrogen-bond acceptors (Lipinski definition) is 3. The van der Waals surface area contributed by atoms with E-state index in [1.54, 1.807) is 47.1 Å². The van der Waals surface area contributed by atoms with Crippen LogP contribution in [0.4, 0.5) is 5.69 Å². The quantitative estimate of drug-likeness (QED) is 0.793. The monoisotopic (exact) mass is 345 g/mol. The number of nitrogens with zero attached hydrogens (tertiary/aromatic N) is 4. The minimum atomic E-state index is -0.170. The molecule has 3 aromatic rings. The van der Waals surface area contributed by atoms with Gasteiger partial charge in [0, 0.05) is 25.0 Å². The largest absolute Gasteiger partial charge is 0.319 e. The molecule has 1 amide bonds. The van der Waals surface area contributed by atoms with Crippen molar-refractivity contribution in [2.45, 2.75) is 0 Å². The van der Waals surface area contributed by atoms with E-state index in [4.69, 9.17) is 0 Å². The number of carbonyl (C=O) groups is 1. The number of anilines is 1. The molecular formula is C14H12BrN5O. The van der Waals surface area contributed by atoms with Crippen molar-refractivity contribution in [2.24, 2.45) is 7.05 Å². The van der Waals surface area contributed by atoms with Gasteiger partial charge < -0.3 is 5.32 Å². The first kappa shape index (κ1) is 13.6. The summed E-state index contributed by atoms with van der Waals surface area (Å²) in [6.07, 6.45) is 6.91. The van der Waals surface area contributed by atoms with E-state index in [0.717, 1.165) is 10.2 Å². The van der Waals surface area contributed by atoms with E-state index < -0.39 is 0 Å². The van der Waals surface area contributed by atoms with Gasteiger partial charge in [-0.15, -0.1) is 0 Å². The molecule has 7 heteroatoms. The summed E-state index contributed by atoms with van der Waals surface area (Å²) in [4.78, 5) is 12.1. The lowest BCUT2D eigenvalue weighted by atomic mass is 10.2. The summed E-state index contributed by atoms with van der Waals surface area (Å²) in [6.45, 7) is 0. The summed E-state index contributed by atoms with van der Waals surface area (Å²) in [7, 11) is 1.80. The molecule has 2 aromatic heterocycles. The second-order valence-electron chi connectivity index (χ2n) is 4.51. The van der Waals surface area contributed by atoms with Gasteiger partial charge in [0.05, 0.1) is 28.2 Å². The van der Waals surface area contributed by atoms with Crippen LogP contribution in [0.5, 0.6) is 0 Å². The van der Waals surface area contributed by atoms with Gasteiger partial charge in [-0.2, -0.15) is 10.2 Å². The molecule has 0 bridgehead atoms. The van der Waals surface area contributed by atoms with E-state index in [9.17, 15) is 4.79 Å². The third-order valence-corrected chi connectivity index (χ3v) is 3.32. The zero-order valence-electron chi connectivity index (χ0n) is 11.2. The van der Waals surface area contributed by atoms with Gasteiger partial charge in [0.1, 0.15) is 0 Å². The number of halogens is 1. The first-order chi connectivity index (χ1) is 10.1. The second kappa shape index (κ2) is 5.53. The summed E-state index contributed by atoms with van der Waals surface area (Å²) >= 11 is 3.35. The van der Waals surface area contributed by atoms with E-state index in [-0.39, 0.29) is 5.91 Å². The molecule has 0 aliphatic carbocycles. The van der Waals surface area contributed by atoms with E-state index >= 15 is 0 Å². The average molecular weight is 346 g/mol. The van der Waals surface area contributed by atoms with Gasteiger partial charge in [0.25, 0.3) is 5.91 Å². The van der Waals surface area contributed by atoms with Crippen molar-refractivity contribution in [1.29, 1.82) is 0 Å². The standard InChI is InChI=1S/C14H12BrN5O/c1-19-9-12(7-16-19)18-14(21)10-2-4-13(5-3-10)20-8-11(15)6-17-20/h2-9H,1H3,(H,18,21). The summed E-state index contributed by atoms with van der Waals surface area (Å²) in [5, 5.41) is 11.0. The van der Waals surface area contributed by atoms with Crippen LogP contribution >= 0.6 is 15.9 Å². The van der Waals surface area contributed by atoms with Gasteiger partial charge in [-0.3, -0.25) is 9.48 Å². The molecule has 0 radical (unpaired) electrons. The SMILES string of the molecule is Cn1cc(NC(=O)c2ccc(-n3cc(Br)cn3)cc2)cn1. The maximum atomic E-state index is 12.1. The first-order valence-corrected chi connectivity index (χ1v) is 7.02. The fourth-order valence-electron chi connectivity index (χ4n) is 1.90. The predicted octanol–water partition coefficient (Wildman–Crippen LogP) is 2.62. The van der Waals surface area contributed by atoms with Crippen molar-refractivity contribution in [2.75, 3.05) is 5.32 Å². The molecule has 3 rings (SSSR count). The van der Waals surface area contributed by atoms with Gasteiger partial charge in [-0.1, -0.05) is 0 Å². The van der Waals surface area contributed by atoms with E-state index in [0.29, 0.717) is 11.3 Å². The zero-order valence-corrected chi connectivity index (χ0v) is 12.8. The van der Waals surface area contributed by atoms with Crippen LogP contribution in [0, 0.1) is 0 Å². The van der Waals surface area contributed by atoms with Gasteiger partial charge in [0.15, 0.2) is 0 Å². The van der Waals surface area contributed by atoms with Crippen molar-refractivity contribution in [1.82, 2.24) is 19.6 Å². The Morgan fingerprint density at radius 3 is 2.48 bits per heavy atom. The van der Waals surface area contributed by atoms with Crippen LogP contribution in [-0.2, 0) is 7.05 Å². The van der Waals surface area contributed by atoms with Crippen molar-refractivity contribution in [3.8, 4) is 5.69 Å². The number of amides is 1. The summed E-state index contributed by atoms with van der Waals surface area (Å²) in [6, 6.07) is 7.21. The highest BCUT2D eigenvalue weighted by Crippen LogP contribution is 2.14. The highest BCUT2D eigenvalue weighted by atomic mass is 79.9. The molecule has 0 saturated carbocycles. The minimum Gasteiger partial charge on any atom is -0.319 e. The molecule has 106 valence electrons. The fourth-order valence-corrected chi connectivity index (χ4v) is 2.18. The van der Waals surface area contributed by atoms with Crippen molar-refractivity contribution < 1.29 is 4.79 Å². The Hall–Kier alpha value is -2.41. The molecule has 0 spiro atoms. The fraction of sp³-hybridized carbons (Fsp3) is 0.0714. The molecule has 0 aliphatic rings. The van der Waals surface area contributed by atoms with Crippen LogP contribution in [0.15, 0.2) is 53.5 Å². The van der Waals surface area contributed by atoms with Crippen LogP contribution in [0.3, 0.4) is 0 Å². The molecule has 0 atom stereocenters. The number of nitrogens with one attached hydrogen (secondary N) is 1. The third-order valence-electron chi connectivity index (χ3n) is 2.91. The lowest BCUT2D eigenvalue weighted by Gasteiger charge is -2.04. The Bertz CT molecular complexity index is 775. The normalized spacial score (nSPS) is 10.6. The van der Waals surface area contributed by atoms with Crippen LogP contribution in [0.1, 0.15) is 10.4 Å². The summed E-state index contributed by atoms with van der Waals surface area (Å²) in [5.74, 6) is -0.170. The Morgan fingerprint density at radius 1 is 1.14 bits per heavy atom. The second-order valence-corrected chi connectivity index (χ2v) is 5.42. The Morgan fingerprint density at radius 2 is 1.90 bits per heavy atom. The van der Waals surface area contributed by atoms with Gasteiger partial charge in [-0.25, -0.2) is 4.68 Å². The molecule has 2 heterocycles. The third kappa shape index (κ3) is 3.03. The zero-order chi connectivity index (χ0) is 14.8. The molecule has 6 nitrogen and oxygen atoms in total. The summed E-state index contributed by atoms with van der Waals surface area (Å²) < 4.78 is 4.27. The molecular weight excluding hydrogens is 334 g/mol. The van der Waals surface area contributed by atoms with E-state index in [1.807, 2.05) is 18.3 Å². The van der Waals surface area contributed by atoms with Crippen LogP contribution in [0.2, 0.25) is 0 Å². The number of rotatable bonds is 3. The highest BCUT2D eigenvalue weighted by Gasteiger charge is 2.07. The number of carbonyl (C=O) groups excluding carboxylic acids is 1. The van der Waals surface area contributed by atoms with E-state index in [1.165, 1.54) is 0 Å². The van der Waals surface area contributed by atoms with Gasteiger partial charge in [-0.05, 0) is 40.2 Å². The van der Waals surface area contributed by atoms with Gasteiger partial charge >= 0.3 is 0 Å². The molecule has 0 saturated heterocycles. The number of benzene rings is 1. The molecule has 0 unspecified atom stereocenters. The molecule has 1 N–H and O–H groups in total. The number of aryl methyl sites for hydroxylation is 1. The molecule has 0 fully saturated rings. The molecule has 21 heavy (non-hydrogen) atoms. The van der Waals surface area contributed by atoms with Crippen LogP contribution < -0.4 is 5.32 Å². The number of hydrogen-bond donors (Lipinski definition) is 1. The van der Waals surface area contributed by atoms with Crippen LogP contribution in [0.25, 0.3) is 5.69 Å². The molecule has 0 aliphatic heterocycles.